The lowest BCUT2D eigenvalue weighted by Gasteiger charge is -2.24. The van der Waals surface area contributed by atoms with Crippen molar-refractivity contribution in [3.63, 3.8) is 0 Å². The normalized spacial score (nSPS) is 17.3. The fraction of sp³-hybridized carbons (Fsp3) is 0.400. The first-order valence-electron chi connectivity index (χ1n) is 4.71. The number of hydrogen-bond donors (Lipinski definition) is 1. The van der Waals surface area contributed by atoms with Crippen LogP contribution in [0.4, 0.5) is 13.2 Å². The molecule has 0 spiro atoms. The van der Waals surface area contributed by atoms with Crippen LogP contribution >= 0.6 is 0 Å². The summed E-state index contributed by atoms with van der Waals surface area (Å²) in [7, 11) is 0. The Morgan fingerprint density at radius 3 is 2.53 bits per heavy atom. The molecule has 1 heterocycles. The zero-order chi connectivity index (χ0) is 10.9. The second kappa shape index (κ2) is 3.73. The average molecular weight is 218 g/mol. The Morgan fingerprint density at radius 2 is 2.00 bits per heavy atom. The van der Waals surface area contributed by atoms with Crippen molar-refractivity contribution >= 4 is 0 Å². The minimum Gasteiger partial charge on any atom is -0.479 e. The zero-order valence-electron chi connectivity index (χ0n) is 7.92. The first kappa shape index (κ1) is 10.3. The Balaban J connectivity index is 2.11. The predicted molar refractivity (Wildman–Crippen MR) is 47.5 cm³/mol. The van der Waals surface area contributed by atoms with Gasteiger partial charge in [0.05, 0.1) is 5.56 Å². The summed E-state index contributed by atoms with van der Waals surface area (Å²) < 4.78 is 42.4. The summed E-state index contributed by atoms with van der Waals surface area (Å²) in [4.78, 5) is 0. The maximum Gasteiger partial charge on any atom is 0.416 e. The van der Waals surface area contributed by atoms with E-state index in [-0.39, 0.29) is 6.10 Å². The lowest BCUT2D eigenvalue weighted by atomic mass is 10.2. The Hall–Kier alpha value is -1.23. The molecule has 82 valence electrons. The lowest BCUT2D eigenvalue weighted by Crippen LogP contribution is -2.99. The molecule has 0 saturated carbocycles. The Kier molecular flexibility index (Phi) is 2.56. The van der Waals surface area contributed by atoms with Crippen LogP contribution in [0, 0.1) is 0 Å². The molecule has 2 N–H and O–H groups in total. The van der Waals surface area contributed by atoms with Gasteiger partial charge in [-0.05, 0) is 18.2 Å². The molecule has 1 saturated heterocycles. The quantitative estimate of drug-likeness (QED) is 0.788. The van der Waals surface area contributed by atoms with E-state index in [1.807, 2.05) is 5.32 Å². The standard InChI is InChI=1S/C10H10F3NO/c11-10(12,13)7-2-1-3-8(4-7)15-9-5-14-6-9/h1-4,9,14H,5-6H2/p+1. The van der Waals surface area contributed by atoms with E-state index >= 15 is 0 Å². The third-order valence-corrected chi connectivity index (χ3v) is 2.32. The van der Waals surface area contributed by atoms with E-state index in [9.17, 15) is 13.2 Å². The minimum absolute atomic E-state index is 0.0495. The lowest BCUT2D eigenvalue weighted by molar-refractivity contribution is -0.721. The summed E-state index contributed by atoms with van der Waals surface area (Å²) >= 11 is 0. The second-order valence-corrected chi connectivity index (χ2v) is 3.53. The molecule has 0 aromatic heterocycles. The second-order valence-electron chi connectivity index (χ2n) is 3.53. The molecule has 0 aliphatic carbocycles. The molecule has 0 unspecified atom stereocenters. The highest BCUT2D eigenvalue weighted by molar-refractivity contribution is 5.30. The van der Waals surface area contributed by atoms with E-state index in [1.54, 1.807) is 6.07 Å². The molecule has 2 nitrogen and oxygen atoms in total. The van der Waals surface area contributed by atoms with E-state index in [0.29, 0.717) is 5.75 Å². The summed E-state index contributed by atoms with van der Waals surface area (Å²) in [6, 6.07) is 4.99. The van der Waals surface area contributed by atoms with E-state index < -0.39 is 11.7 Å². The third-order valence-electron chi connectivity index (χ3n) is 2.32. The van der Waals surface area contributed by atoms with Crippen molar-refractivity contribution in [2.24, 2.45) is 0 Å². The van der Waals surface area contributed by atoms with Gasteiger partial charge in [0.1, 0.15) is 18.8 Å². The van der Waals surface area contributed by atoms with Crippen molar-refractivity contribution in [2.75, 3.05) is 13.1 Å². The van der Waals surface area contributed by atoms with Gasteiger partial charge in [-0.1, -0.05) is 6.07 Å². The Morgan fingerprint density at radius 1 is 1.27 bits per heavy atom. The van der Waals surface area contributed by atoms with E-state index in [2.05, 4.69) is 0 Å². The third kappa shape index (κ3) is 2.41. The van der Waals surface area contributed by atoms with Crippen LogP contribution in [0.3, 0.4) is 0 Å². The highest BCUT2D eigenvalue weighted by Crippen LogP contribution is 2.31. The predicted octanol–water partition coefficient (Wildman–Crippen LogP) is 1.03. The number of rotatable bonds is 2. The maximum atomic E-state index is 12.3. The number of alkyl halides is 3. The van der Waals surface area contributed by atoms with Crippen molar-refractivity contribution in [3.8, 4) is 5.75 Å². The topological polar surface area (TPSA) is 25.8 Å². The van der Waals surface area contributed by atoms with E-state index in [1.165, 1.54) is 6.07 Å². The molecule has 5 heteroatoms. The number of ether oxygens (including phenoxy) is 1. The van der Waals surface area contributed by atoms with Crippen LogP contribution in [0.2, 0.25) is 0 Å². The molecule has 0 atom stereocenters. The van der Waals surface area contributed by atoms with Gasteiger partial charge in [0.25, 0.3) is 0 Å². The first-order valence-corrected chi connectivity index (χ1v) is 4.71. The largest absolute Gasteiger partial charge is 0.479 e. The van der Waals surface area contributed by atoms with E-state index in [4.69, 9.17) is 4.74 Å². The van der Waals surface area contributed by atoms with Gasteiger partial charge in [0, 0.05) is 0 Å². The minimum atomic E-state index is -4.30. The van der Waals surface area contributed by atoms with Crippen LogP contribution in [0.25, 0.3) is 0 Å². The highest BCUT2D eigenvalue weighted by atomic mass is 19.4. The molecule has 1 fully saturated rings. The van der Waals surface area contributed by atoms with Crippen molar-refractivity contribution in [1.29, 1.82) is 0 Å². The molecule has 1 aliphatic heterocycles. The maximum absolute atomic E-state index is 12.3. The monoisotopic (exact) mass is 218 g/mol. The molecule has 1 aromatic carbocycles. The van der Waals surface area contributed by atoms with Crippen LogP contribution in [0.5, 0.6) is 5.75 Å². The molecule has 0 amide bonds. The van der Waals surface area contributed by atoms with Crippen molar-refractivity contribution in [2.45, 2.75) is 12.3 Å². The van der Waals surface area contributed by atoms with Crippen LogP contribution < -0.4 is 10.1 Å². The summed E-state index contributed by atoms with van der Waals surface area (Å²) in [6.45, 7) is 1.63. The van der Waals surface area contributed by atoms with Gasteiger partial charge in [0.2, 0.25) is 0 Å². The molecular weight excluding hydrogens is 207 g/mol. The number of nitrogens with two attached hydrogens (primary N) is 1. The number of halogens is 3. The smallest absolute Gasteiger partial charge is 0.416 e. The number of benzene rings is 1. The fourth-order valence-corrected chi connectivity index (χ4v) is 1.34. The summed E-state index contributed by atoms with van der Waals surface area (Å²) in [5.41, 5.74) is -0.664. The molecule has 1 aromatic rings. The van der Waals surface area contributed by atoms with Crippen LogP contribution in [-0.2, 0) is 6.18 Å². The first-order chi connectivity index (χ1) is 7.05. The van der Waals surface area contributed by atoms with Crippen LogP contribution in [-0.4, -0.2) is 19.2 Å². The number of hydrogen-bond acceptors (Lipinski definition) is 1. The molecule has 15 heavy (non-hydrogen) atoms. The van der Waals surface area contributed by atoms with Gasteiger partial charge in [-0.15, -0.1) is 0 Å². The van der Waals surface area contributed by atoms with E-state index in [0.717, 1.165) is 25.2 Å². The van der Waals surface area contributed by atoms with Gasteiger partial charge >= 0.3 is 6.18 Å². The number of quaternary nitrogens is 1. The summed E-state index contributed by atoms with van der Waals surface area (Å²) in [5, 5.41) is 2.04. The molecule has 2 rings (SSSR count). The van der Waals surface area contributed by atoms with Gasteiger partial charge in [-0.2, -0.15) is 13.2 Å². The average Bonchev–Trinajstić information content (AvgIpc) is 2.11. The summed E-state index contributed by atoms with van der Waals surface area (Å²) in [6.07, 6.45) is -4.25. The van der Waals surface area contributed by atoms with Gasteiger partial charge in [-0.3, -0.25) is 0 Å². The highest BCUT2D eigenvalue weighted by Gasteiger charge is 2.31. The molecule has 1 aliphatic rings. The molecule has 0 radical (unpaired) electrons. The van der Waals surface area contributed by atoms with Crippen molar-refractivity contribution in [1.82, 2.24) is 0 Å². The van der Waals surface area contributed by atoms with Crippen molar-refractivity contribution in [3.05, 3.63) is 29.8 Å². The SMILES string of the molecule is FC(F)(F)c1cccc(OC2C[NH2+]C2)c1. The Bertz CT molecular complexity index is 347. The van der Waals surface area contributed by atoms with Crippen LogP contribution in [0.1, 0.15) is 5.56 Å². The van der Waals surface area contributed by atoms with Gasteiger partial charge in [0.15, 0.2) is 6.10 Å². The molecule has 0 bridgehead atoms. The van der Waals surface area contributed by atoms with Crippen molar-refractivity contribution < 1.29 is 23.2 Å². The van der Waals surface area contributed by atoms with Gasteiger partial charge in [-0.25, -0.2) is 0 Å². The molecular formula is C10H11F3NO+. The Labute approximate surface area is 85.0 Å². The van der Waals surface area contributed by atoms with Crippen LogP contribution in [0.15, 0.2) is 24.3 Å². The fourth-order valence-electron chi connectivity index (χ4n) is 1.34. The zero-order valence-corrected chi connectivity index (χ0v) is 7.92. The summed E-state index contributed by atoms with van der Waals surface area (Å²) in [5.74, 6) is 0.294. The van der Waals surface area contributed by atoms with Gasteiger partial charge < -0.3 is 10.1 Å².